The zero-order chi connectivity index (χ0) is 18.8. The van der Waals surface area contributed by atoms with Crippen molar-refractivity contribution < 1.29 is 13.9 Å². The molecule has 1 N–H and O–H groups in total. The van der Waals surface area contributed by atoms with Crippen molar-refractivity contribution >= 4 is 28.6 Å². The van der Waals surface area contributed by atoms with E-state index in [2.05, 4.69) is 17.4 Å². The molecule has 2 aromatic carbocycles. The molecule has 1 aromatic heterocycles. The molecule has 27 heavy (non-hydrogen) atoms. The van der Waals surface area contributed by atoms with E-state index in [4.69, 9.17) is 9.15 Å². The second kappa shape index (κ2) is 7.48. The van der Waals surface area contributed by atoms with Gasteiger partial charge in [0, 0.05) is 28.2 Å². The number of carbonyl (C=O) groups excluding carboxylic acids is 1. The average Bonchev–Trinajstić information content (AvgIpc) is 2.66. The van der Waals surface area contributed by atoms with E-state index in [9.17, 15) is 9.59 Å². The summed E-state index contributed by atoms with van der Waals surface area (Å²) in [5, 5.41) is 3.90. The Bertz CT molecular complexity index is 1060. The number of nitrogens with one attached hydrogen (secondary N) is 1. The number of rotatable bonds is 4. The smallest absolute Gasteiger partial charge is 0.336 e. The first kappa shape index (κ1) is 17.7. The third-order valence-corrected chi connectivity index (χ3v) is 5.71. The maximum Gasteiger partial charge on any atom is 0.336 e. The summed E-state index contributed by atoms with van der Waals surface area (Å²) in [6.45, 7) is 1.76. The fourth-order valence-corrected chi connectivity index (χ4v) is 4.40. The minimum Gasteiger partial charge on any atom is -0.484 e. The molecule has 1 atom stereocenters. The molecule has 138 valence electrons. The summed E-state index contributed by atoms with van der Waals surface area (Å²) in [5.41, 5.74) is 2.06. The van der Waals surface area contributed by atoms with E-state index in [1.165, 1.54) is 11.0 Å². The summed E-state index contributed by atoms with van der Waals surface area (Å²) >= 11 is 1.81. The highest BCUT2D eigenvalue weighted by Crippen LogP contribution is 2.35. The number of ether oxygens (including phenoxy) is 1. The molecule has 0 fully saturated rings. The number of amides is 1. The van der Waals surface area contributed by atoms with E-state index in [1.807, 2.05) is 36.9 Å². The molecule has 0 aliphatic carbocycles. The summed E-state index contributed by atoms with van der Waals surface area (Å²) in [7, 11) is 0. The number of aryl methyl sites for hydroxylation is 1. The SMILES string of the molecule is Cc1cc(=O)oc2cc(OCC(=O)N[C@@H]3CCSc4ccccc43)ccc12. The molecule has 0 saturated heterocycles. The topological polar surface area (TPSA) is 68.5 Å². The van der Waals surface area contributed by atoms with Crippen molar-refractivity contribution in [2.45, 2.75) is 24.3 Å². The molecule has 1 aliphatic heterocycles. The van der Waals surface area contributed by atoms with Crippen molar-refractivity contribution in [1.82, 2.24) is 5.32 Å². The molecule has 6 heteroatoms. The fraction of sp³-hybridized carbons (Fsp3) is 0.238. The van der Waals surface area contributed by atoms with Crippen LogP contribution in [0.2, 0.25) is 0 Å². The molecule has 0 bridgehead atoms. The van der Waals surface area contributed by atoms with Crippen LogP contribution in [0, 0.1) is 6.92 Å². The van der Waals surface area contributed by atoms with Crippen molar-refractivity contribution in [1.29, 1.82) is 0 Å². The number of benzene rings is 2. The number of carbonyl (C=O) groups is 1. The Kier molecular flexibility index (Phi) is 4.90. The van der Waals surface area contributed by atoms with E-state index in [-0.39, 0.29) is 18.6 Å². The van der Waals surface area contributed by atoms with Gasteiger partial charge < -0.3 is 14.5 Å². The molecule has 0 saturated carbocycles. The Balaban J connectivity index is 1.43. The van der Waals surface area contributed by atoms with E-state index < -0.39 is 5.63 Å². The number of hydrogen-bond donors (Lipinski definition) is 1. The third kappa shape index (κ3) is 3.85. The van der Waals surface area contributed by atoms with Gasteiger partial charge in [0.1, 0.15) is 11.3 Å². The van der Waals surface area contributed by atoms with E-state index in [1.54, 1.807) is 12.1 Å². The van der Waals surface area contributed by atoms with Crippen LogP contribution in [0.3, 0.4) is 0 Å². The lowest BCUT2D eigenvalue weighted by molar-refractivity contribution is -0.123. The molecule has 0 unspecified atom stereocenters. The van der Waals surface area contributed by atoms with Gasteiger partial charge in [-0.25, -0.2) is 4.79 Å². The van der Waals surface area contributed by atoms with Crippen LogP contribution in [0.5, 0.6) is 5.75 Å². The Morgan fingerprint density at radius 1 is 1.26 bits per heavy atom. The molecule has 1 aliphatic rings. The summed E-state index contributed by atoms with van der Waals surface area (Å²) in [6.07, 6.45) is 0.897. The van der Waals surface area contributed by atoms with Crippen LogP contribution in [-0.2, 0) is 4.79 Å². The molecular weight excluding hydrogens is 362 g/mol. The van der Waals surface area contributed by atoms with Gasteiger partial charge in [-0.2, -0.15) is 0 Å². The monoisotopic (exact) mass is 381 g/mol. The van der Waals surface area contributed by atoms with Crippen LogP contribution in [0.15, 0.2) is 62.6 Å². The van der Waals surface area contributed by atoms with Crippen molar-refractivity contribution in [2.75, 3.05) is 12.4 Å². The minimum absolute atomic E-state index is 0.0100. The standard InChI is InChI=1S/C21H19NO4S/c1-13-10-21(24)26-18-11-14(6-7-15(13)18)25-12-20(23)22-17-8-9-27-19-5-3-2-4-16(17)19/h2-7,10-11,17H,8-9,12H2,1H3,(H,22,23)/t17-/m1/s1. The first-order chi connectivity index (χ1) is 13.1. The van der Waals surface area contributed by atoms with Crippen molar-refractivity contribution in [3.8, 4) is 5.75 Å². The Hall–Kier alpha value is -2.73. The summed E-state index contributed by atoms with van der Waals surface area (Å²) in [5.74, 6) is 1.30. The quantitative estimate of drug-likeness (QED) is 0.696. The van der Waals surface area contributed by atoms with Crippen molar-refractivity contribution in [3.63, 3.8) is 0 Å². The van der Waals surface area contributed by atoms with Crippen LogP contribution in [0.25, 0.3) is 11.0 Å². The molecular formula is C21H19NO4S. The van der Waals surface area contributed by atoms with E-state index in [0.29, 0.717) is 11.3 Å². The van der Waals surface area contributed by atoms with Crippen LogP contribution >= 0.6 is 11.8 Å². The van der Waals surface area contributed by atoms with Gasteiger partial charge in [0.05, 0.1) is 6.04 Å². The summed E-state index contributed by atoms with van der Waals surface area (Å²) in [6, 6.07) is 14.9. The molecule has 0 spiro atoms. The highest BCUT2D eigenvalue weighted by molar-refractivity contribution is 7.99. The third-order valence-electron chi connectivity index (χ3n) is 4.59. The summed E-state index contributed by atoms with van der Waals surface area (Å²) in [4.78, 5) is 25.1. The molecule has 5 nitrogen and oxygen atoms in total. The van der Waals surface area contributed by atoms with Crippen LogP contribution in [0.4, 0.5) is 0 Å². The number of hydrogen-bond acceptors (Lipinski definition) is 5. The zero-order valence-electron chi connectivity index (χ0n) is 14.9. The Labute approximate surface area is 160 Å². The van der Waals surface area contributed by atoms with Crippen LogP contribution in [0.1, 0.15) is 23.6 Å². The lowest BCUT2D eigenvalue weighted by Crippen LogP contribution is -2.34. The maximum atomic E-state index is 12.3. The highest BCUT2D eigenvalue weighted by atomic mass is 32.2. The van der Waals surface area contributed by atoms with Crippen molar-refractivity contribution in [2.24, 2.45) is 0 Å². The first-order valence-corrected chi connectivity index (χ1v) is 9.77. The van der Waals surface area contributed by atoms with Gasteiger partial charge in [-0.1, -0.05) is 18.2 Å². The highest BCUT2D eigenvalue weighted by Gasteiger charge is 2.22. The second-order valence-electron chi connectivity index (χ2n) is 6.49. The number of fused-ring (bicyclic) bond motifs is 2. The second-order valence-corrected chi connectivity index (χ2v) is 7.63. The van der Waals surface area contributed by atoms with Gasteiger partial charge in [0.15, 0.2) is 6.61 Å². The van der Waals surface area contributed by atoms with Gasteiger partial charge in [-0.15, -0.1) is 11.8 Å². The molecule has 3 aromatic rings. The van der Waals surface area contributed by atoms with Gasteiger partial charge in [0.2, 0.25) is 0 Å². The largest absolute Gasteiger partial charge is 0.484 e. The molecule has 2 heterocycles. The Morgan fingerprint density at radius 2 is 2.11 bits per heavy atom. The van der Waals surface area contributed by atoms with Gasteiger partial charge in [0.25, 0.3) is 5.91 Å². The number of thioether (sulfide) groups is 1. The zero-order valence-corrected chi connectivity index (χ0v) is 15.7. The predicted octanol–water partition coefficient (Wildman–Crippen LogP) is 3.83. The van der Waals surface area contributed by atoms with E-state index >= 15 is 0 Å². The fourth-order valence-electron chi connectivity index (χ4n) is 3.27. The summed E-state index contributed by atoms with van der Waals surface area (Å²) < 4.78 is 10.8. The molecule has 4 rings (SSSR count). The lowest BCUT2D eigenvalue weighted by Gasteiger charge is -2.25. The van der Waals surface area contributed by atoms with Gasteiger partial charge in [-0.3, -0.25) is 4.79 Å². The van der Waals surface area contributed by atoms with Crippen LogP contribution < -0.4 is 15.7 Å². The normalized spacial score (nSPS) is 16.0. The van der Waals surface area contributed by atoms with Gasteiger partial charge in [-0.05, 0) is 42.7 Å². The minimum atomic E-state index is -0.399. The average molecular weight is 381 g/mol. The van der Waals surface area contributed by atoms with E-state index in [0.717, 1.165) is 28.7 Å². The van der Waals surface area contributed by atoms with Gasteiger partial charge >= 0.3 is 5.63 Å². The molecule has 0 radical (unpaired) electrons. The lowest BCUT2D eigenvalue weighted by atomic mass is 10.0. The predicted molar refractivity (Wildman–Crippen MR) is 105 cm³/mol. The van der Waals surface area contributed by atoms with Crippen LogP contribution in [-0.4, -0.2) is 18.3 Å². The molecule has 1 amide bonds. The first-order valence-electron chi connectivity index (χ1n) is 8.78. The Morgan fingerprint density at radius 3 is 3.00 bits per heavy atom. The van der Waals surface area contributed by atoms with Crippen molar-refractivity contribution in [3.05, 3.63) is 70.1 Å². The maximum absolute atomic E-state index is 12.3.